The standard InChI is InChI=1S/C22H32FN5O2/c1-17-25-9-10-28(17)21-5-4-19(14-20(21)23)15-27-22(24-2)26-8-3-11-30-16-18-6-12-29-13-7-18/h4-5,9-10,14,18H,3,6-8,11-13,15-16H2,1-2H3,(H2,24,26,27). The Morgan fingerprint density at radius 3 is 2.87 bits per heavy atom. The molecule has 164 valence electrons. The molecule has 2 aromatic rings. The second kappa shape index (κ2) is 11.7. The molecule has 0 aliphatic carbocycles. The summed E-state index contributed by atoms with van der Waals surface area (Å²) in [6.45, 7) is 6.35. The molecule has 30 heavy (non-hydrogen) atoms. The number of guanidine groups is 1. The first kappa shape index (κ1) is 22.2. The maximum atomic E-state index is 14.5. The number of aliphatic imine (C=N–C) groups is 1. The number of imidazole rings is 1. The second-order valence-corrected chi connectivity index (χ2v) is 7.47. The average Bonchev–Trinajstić information content (AvgIpc) is 3.19. The van der Waals surface area contributed by atoms with Crippen molar-refractivity contribution in [3.05, 3.63) is 47.8 Å². The van der Waals surface area contributed by atoms with Crippen molar-refractivity contribution in [1.29, 1.82) is 0 Å². The lowest BCUT2D eigenvalue weighted by Crippen LogP contribution is -2.37. The Balaban J connectivity index is 1.36. The van der Waals surface area contributed by atoms with Crippen molar-refractivity contribution >= 4 is 5.96 Å². The van der Waals surface area contributed by atoms with Gasteiger partial charge in [-0.2, -0.15) is 0 Å². The predicted octanol–water partition coefficient (Wildman–Crippen LogP) is 2.82. The molecule has 1 fully saturated rings. The maximum absolute atomic E-state index is 14.5. The van der Waals surface area contributed by atoms with Crippen molar-refractivity contribution in [1.82, 2.24) is 20.2 Å². The molecule has 0 unspecified atom stereocenters. The molecule has 1 aliphatic heterocycles. The molecule has 7 nitrogen and oxygen atoms in total. The van der Waals surface area contributed by atoms with Gasteiger partial charge in [-0.25, -0.2) is 9.37 Å². The van der Waals surface area contributed by atoms with E-state index in [9.17, 15) is 4.39 Å². The van der Waals surface area contributed by atoms with Crippen molar-refractivity contribution in [3.63, 3.8) is 0 Å². The number of hydrogen-bond acceptors (Lipinski definition) is 4. The van der Waals surface area contributed by atoms with Crippen LogP contribution in [0.15, 0.2) is 35.6 Å². The minimum Gasteiger partial charge on any atom is -0.381 e. The molecular weight excluding hydrogens is 385 g/mol. The van der Waals surface area contributed by atoms with Crippen LogP contribution in [0.4, 0.5) is 4.39 Å². The molecule has 0 bridgehead atoms. The minimum absolute atomic E-state index is 0.278. The van der Waals surface area contributed by atoms with E-state index in [0.717, 1.165) is 63.6 Å². The van der Waals surface area contributed by atoms with Crippen LogP contribution in [0.1, 0.15) is 30.7 Å². The number of aryl methyl sites for hydroxylation is 1. The van der Waals surface area contributed by atoms with Gasteiger partial charge >= 0.3 is 0 Å². The summed E-state index contributed by atoms with van der Waals surface area (Å²) in [6, 6.07) is 5.22. The lowest BCUT2D eigenvalue weighted by molar-refractivity contribution is 0.0203. The number of rotatable bonds is 9. The lowest BCUT2D eigenvalue weighted by Gasteiger charge is -2.21. The van der Waals surface area contributed by atoms with Gasteiger partial charge in [0.2, 0.25) is 0 Å². The first-order valence-corrected chi connectivity index (χ1v) is 10.6. The summed E-state index contributed by atoms with van der Waals surface area (Å²) in [4.78, 5) is 8.36. The third-order valence-corrected chi connectivity index (χ3v) is 5.23. The van der Waals surface area contributed by atoms with Crippen LogP contribution in [0.2, 0.25) is 0 Å². The van der Waals surface area contributed by atoms with E-state index >= 15 is 0 Å². The molecule has 0 saturated carbocycles. The van der Waals surface area contributed by atoms with Gasteiger partial charge in [0.05, 0.1) is 5.69 Å². The number of benzene rings is 1. The van der Waals surface area contributed by atoms with E-state index in [1.807, 2.05) is 13.0 Å². The maximum Gasteiger partial charge on any atom is 0.191 e. The third kappa shape index (κ3) is 6.53. The van der Waals surface area contributed by atoms with E-state index in [0.29, 0.717) is 24.1 Å². The van der Waals surface area contributed by atoms with Gasteiger partial charge in [-0.15, -0.1) is 0 Å². The molecular formula is C22H32FN5O2. The van der Waals surface area contributed by atoms with Crippen LogP contribution in [-0.4, -0.2) is 55.5 Å². The van der Waals surface area contributed by atoms with Crippen LogP contribution in [-0.2, 0) is 16.0 Å². The SMILES string of the molecule is CN=C(NCCCOCC1CCOCC1)NCc1ccc(-n2ccnc2C)c(F)c1. The largest absolute Gasteiger partial charge is 0.381 e. The molecule has 3 rings (SSSR count). The van der Waals surface area contributed by atoms with Crippen molar-refractivity contribution in [2.75, 3.05) is 40.0 Å². The number of halogens is 1. The topological polar surface area (TPSA) is 72.7 Å². The van der Waals surface area contributed by atoms with Gasteiger partial charge < -0.3 is 24.7 Å². The van der Waals surface area contributed by atoms with Crippen LogP contribution in [0.3, 0.4) is 0 Å². The molecule has 0 spiro atoms. The van der Waals surface area contributed by atoms with Crippen molar-refractivity contribution in [2.24, 2.45) is 10.9 Å². The fourth-order valence-electron chi connectivity index (χ4n) is 3.44. The fourth-order valence-corrected chi connectivity index (χ4v) is 3.44. The van der Waals surface area contributed by atoms with Crippen LogP contribution < -0.4 is 10.6 Å². The molecule has 0 radical (unpaired) electrons. The molecule has 2 heterocycles. The predicted molar refractivity (Wildman–Crippen MR) is 115 cm³/mol. The molecule has 2 N–H and O–H groups in total. The Bertz CT molecular complexity index is 818. The molecule has 0 amide bonds. The zero-order valence-electron chi connectivity index (χ0n) is 17.9. The van der Waals surface area contributed by atoms with Crippen LogP contribution >= 0.6 is 0 Å². The summed E-state index contributed by atoms with van der Waals surface area (Å²) in [6.07, 6.45) is 6.51. The Hall–Kier alpha value is -2.45. The van der Waals surface area contributed by atoms with Crippen molar-refractivity contribution in [3.8, 4) is 5.69 Å². The highest BCUT2D eigenvalue weighted by molar-refractivity contribution is 5.79. The van der Waals surface area contributed by atoms with Gasteiger partial charge in [0.25, 0.3) is 0 Å². The molecule has 1 aromatic carbocycles. The number of nitrogens with one attached hydrogen (secondary N) is 2. The van der Waals surface area contributed by atoms with Gasteiger partial charge in [-0.05, 0) is 49.8 Å². The van der Waals surface area contributed by atoms with Crippen molar-refractivity contribution < 1.29 is 13.9 Å². The summed E-state index contributed by atoms with van der Waals surface area (Å²) < 4.78 is 27.4. The second-order valence-electron chi connectivity index (χ2n) is 7.47. The molecule has 1 aliphatic rings. The van der Waals surface area contributed by atoms with Gasteiger partial charge in [-0.1, -0.05) is 6.07 Å². The monoisotopic (exact) mass is 417 g/mol. The van der Waals surface area contributed by atoms with E-state index in [1.54, 1.807) is 36.1 Å². The number of ether oxygens (including phenoxy) is 2. The number of aromatic nitrogens is 2. The van der Waals surface area contributed by atoms with Crippen LogP contribution in [0.5, 0.6) is 0 Å². The summed E-state index contributed by atoms with van der Waals surface area (Å²) in [7, 11) is 1.72. The molecule has 1 aromatic heterocycles. The minimum atomic E-state index is -0.278. The Kier molecular flexibility index (Phi) is 8.65. The quantitative estimate of drug-likeness (QED) is 0.373. The highest BCUT2D eigenvalue weighted by Gasteiger charge is 2.13. The first-order valence-electron chi connectivity index (χ1n) is 10.6. The van der Waals surface area contributed by atoms with E-state index in [-0.39, 0.29) is 5.82 Å². The zero-order chi connectivity index (χ0) is 21.2. The number of nitrogens with zero attached hydrogens (tertiary/aromatic N) is 3. The number of hydrogen-bond donors (Lipinski definition) is 2. The average molecular weight is 418 g/mol. The summed E-state index contributed by atoms with van der Waals surface area (Å²) in [5.74, 6) is 1.79. The smallest absolute Gasteiger partial charge is 0.191 e. The normalized spacial score (nSPS) is 15.4. The van der Waals surface area contributed by atoms with E-state index in [2.05, 4.69) is 20.6 Å². The van der Waals surface area contributed by atoms with Gasteiger partial charge in [0.1, 0.15) is 11.6 Å². The van der Waals surface area contributed by atoms with E-state index in [1.165, 1.54) is 0 Å². The van der Waals surface area contributed by atoms with Gasteiger partial charge in [0, 0.05) is 59.0 Å². The molecule has 0 atom stereocenters. The molecule has 8 heteroatoms. The summed E-state index contributed by atoms with van der Waals surface area (Å²) in [5.41, 5.74) is 1.34. The lowest BCUT2D eigenvalue weighted by atomic mass is 10.0. The van der Waals surface area contributed by atoms with Crippen LogP contribution in [0.25, 0.3) is 5.69 Å². The van der Waals surface area contributed by atoms with E-state index < -0.39 is 0 Å². The van der Waals surface area contributed by atoms with Crippen molar-refractivity contribution in [2.45, 2.75) is 32.7 Å². The Morgan fingerprint density at radius 2 is 2.17 bits per heavy atom. The van der Waals surface area contributed by atoms with Crippen LogP contribution in [0, 0.1) is 18.7 Å². The van der Waals surface area contributed by atoms with Gasteiger partial charge in [-0.3, -0.25) is 4.99 Å². The first-order chi connectivity index (χ1) is 14.7. The fraction of sp³-hybridized carbons (Fsp3) is 0.545. The highest BCUT2D eigenvalue weighted by atomic mass is 19.1. The highest BCUT2D eigenvalue weighted by Crippen LogP contribution is 2.17. The van der Waals surface area contributed by atoms with E-state index in [4.69, 9.17) is 9.47 Å². The molecule has 1 saturated heterocycles. The Morgan fingerprint density at radius 1 is 1.33 bits per heavy atom. The van der Waals surface area contributed by atoms with Gasteiger partial charge in [0.15, 0.2) is 5.96 Å². The zero-order valence-corrected chi connectivity index (χ0v) is 17.9. The summed E-state index contributed by atoms with van der Waals surface area (Å²) in [5, 5.41) is 6.49. The summed E-state index contributed by atoms with van der Waals surface area (Å²) >= 11 is 0. The third-order valence-electron chi connectivity index (χ3n) is 5.23. The Labute approximate surface area is 177 Å².